The molecule has 0 aliphatic rings. The van der Waals surface area contributed by atoms with Crippen molar-refractivity contribution in [3.05, 3.63) is 36.7 Å². The van der Waals surface area contributed by atoms with E-state index in [1.807, 2.05) is 12.2 Å². The van der Waals surface area contributed by atoms with E-state index in [2.05, 4.69) is 43.8 Å². The van der Waals surface area contributed by atoms with Gasteiger partial charge in [0.05, 0.1) is 0 Å². The minimum atomic E-state index is 0.478. The molecule has 0 N–H and O–H groups in total. The lowest BCUT2D eigenvalue weighted by atomic mass is 10.2. The molecule has 0 fully saturated rings. The predicted octanol–water partition coefficient (Wildman–Crippen LogP) is 3.36. The second-order valence-electron chi connectivity index (χ2n) is 3.07. The highest BCUT2D eigenvalue weighted by Crippen LogP contribution is 2.18. The second kappa shape index (κ2) is 3.44. The Morgan fingerprint density at radius 1 is 1.33 bits per heavy atom. The van der Waals surface area contributed by atoms with Crippen molar-refractivity contribution in [3.63, 3.8) is 0 Å². The van der Waals surface area contributed by atoms with Crippen LogP contribution in [0.1, 0.15) is 31.1 Å². The van der Waals surface area contributed by atoms with Crippen molar-refractivity contribution in [2.24, 2.45) is 0 Å². The molecule has 0 aromatic carbocycles. The molecule has 0 aliphatic carbocycles. The van der Waals surface area contributed by atoms with Crippen molar-refractivity contribution >= 4 is 12.2 Å². The lowest BCUT2D eigenvalue weighted by Crippen LogP contribution is -2.00. The van der Waals surface area contributed by atoms with Crippen LogP contribution < -0.4 is 0 Å². The second-order valence-corrected chi connectivity index (χ2v) is 3.07. The van der Waals surface area contributed by atoms with Crippen LogP contribution in [0.5, 0.6) is 0 Å². The highest BCUT2D eigenvalue weighted by Gasteiger charge is 2.04. The molecule has 0 radical (unpaired) electrons. The lowest BCUT2D eigenvalue weighted by Gasteiger charge is -2.10. The Bertz CT molecular complexity index is 292. The molecular formula is C11H15N. The van der Waals surface area contributed by atoms with E-state index >= 15 is 0 Å². The molecule has 0 unspecified atom stereocenters. The molecule has 0 saturated carbocycles. The van der Waals surface area contributed by atoms with Crippen molar-refractivity contribution in [1.29, 1.82) is 0 Å². The Kier molecular flexibility index (Phi) is 2.54. The fourth-order valence-corrected chi connectivity index (χ4v) is 1.32. The molecule has 1 aromatic heterocycles. The topological polar surface area (TPSA) is 4.93 Å². The van der Waals surface area contributed by atoms with Crippen molar-refractivity contribution in [2.75, 3.05) is 0 Å². The standard InChI is InChI=1S/C11H15N/c1-5-10-7-8-12(9(3)4)11(10)6-2/h5-9H,1-2H2,3-4H3. The lowest BCUT2D eigenvalue weighted by molar-refractivity contribution is 0.599. The molecule has 1 heterocycles. The maximum absolute atomic E-state index is 3.79. The quantitative estimate of drug-likeness (QED) is 0.640. The molecule has 1 rings (SSSR count). The molecule has 1 nitrogen and oxygen atoms in total. The first-order valence-electron chi connectivity index (χ1n) is 4.16. The van der Waals surface area contributed by atoms with Gasteiger partial charge >= 0.3 is 0 Å². The van der Waals surface area contributed by atoms with Crippen LogP contribution in [0.3, 0.4) is 0 Å². The summed E-state index contributed by atoms with van der Waals surface area (Å²) in [6.07, 6.45) is 5.80. The van der Waals surface area contributed by atoms with Crippen LogP contribution in [-0.4, -0.2) is 4.57 Å². The summed E-state index contributed by atoms with van der Waals surface area (Å²) in [4.78, 5) is 0. The van der Waals surface area contributed by atoms with Crippen LogP contribution in [0.15, 0.2) is 25.4 Å². The van der Waals surface area contributed by atoms with Crippen LogP contribution in [0.25, 0.3) is 12.2 Å². The molecule has 0 aliphatic heterocycles. The van der Waals surface area contributed by atoms with E-state index in [0.29, 0.717) is 6.04 Å². The minimum absolute atomic E-state index is 0.478. The Balaban J connectivity index is 3.22. The smallest absolute Gasteiger partial charge is 0.0476 e. The number of aromatic nitrogens is 1. The summed E-state index contributed by atoms with van der Waals surface area (Å²) in [6, 6.07) is 2.54. The van der Waals surface area contributed by atoms with Crippen molar-refractivity contribution < 1.29 is 0 Å². The van der Waals surface area contributed by atoms with Gasteiger partial charge in [-0.3, -0.25) is 0 Å². The first-order valence-corrected chi connectivity index (χ1v) is 4.16. The van der Waals surface area contributed by atoms with E-state index < -0.39 is 0 Å². The molecule has 1 aromatic rings. The van der Waals surface area contributed by atoms with Crippen LogP contribution >= 0.6 is 0 Å². The van der Waals surface area contributed by atoms with Gasteiger partial charge in [0.25, 0.3) is 0 Å². The van der Waals surface area contributed by atoms with Crippen molar-refractivity contribution in [3.8, 4) is 0 Å². The molecule has 0 bridgehead atoms. The van der Waals surface area contributed by atoms with E-state index in [9.17, 15) is 0 Å². The maximum atomic E-state index is 3.79. The van der Waals surface area contributed by atoms with Gasteiger partial charge in [0.15, 0.2) is 0 Å². The third kappa shape index (κ3) is 1.35. The van der Waals surface area contributed by atoms with E-state index in [4.69, 9.17) is 0 Å². The summed E-state index contributed by atoms with van der Waals surface area (Å²) >= 11 is 0. The third-order valence-electron chi connectivity index (χ3n) is 1.96. The molecule has 0 amide bonds. The van der Waals surface area contributed by atoms with Gasteiger partial charge in [0.1, 0.15) is 0 Å². The maximum Gasteiger partial charge on any atom is 0.0476 e. The zero-order valence-electron chi connectivity index (χ0n) is 7.75. The number of rotatable bonds is 3. The van der Waals surface area contributed by atoms with Crippen molar-refractivity contribution in [1.82, 2.24) is 4.57 Å². The zero-order valence-corrected chi connectivity index (χ0v) is 7.75. The summed E-state index contributed by atoms with van der Waals surface area (Å²) in [5, 5.41) is 0. The van der Waals surface area contributed by atoms with E-state index in [1.165, 1.54) is 0 Å². The van der Waals surface area contributed by atoms with Crippen molar-refractivity contribution in [2.45, 2.75) is 19.9 Å². The third-order valence-corrected chi connectivity index (χ3v) is 1.96. The fourth-order valence-electron chi connectivity index (χ4n) is 1.32. The summed E-state index contributed by atoms with van der Waals surface area (Å²) in [6.45, 7) is 11.8. The highest BCUT2D eigenvalue weighted by molar-refractivity contribution is 5.61. The first kappa shape index (κ1) is 8.85. The Labute approximate surface area is 74.0 Å². The van der Waals surface area contributed by atoms with Gasteiger partial charge in [-0.1, -0.05) is 19.2 Å². The summed E-state index contributed by atoms with van der Waals surface area (Å²) in [5.74, 6) is 0. The number of nitrogens with zero attached hydrogens (tertiary/aromatic N) is 1. The molecule has 0 spiro atoms. The summed E-state index contributed by atoms with van der Waals surface area (Å²) in [7, 11) is 0. The van der Waals surface area contributed by atoms with Gasteiger partial charge in [-0.15, -0.1) is 0 Å². The van der Waals surface area contributed by atoms with Crippen LogP contribution in [0, 0.1) is 0 Å². The van der Waals surface area contributed by atoms with Gasteiger partial charge < -0.3 is 4.57 Å². The normalized spacial score (nSPS) is 10.2. The molecule has 64 valence electrons. The largest absolute Gasteiger partial charge is 0.345 e. The average molecular weight is 161 g/mol. The zero-order chi connectivity index (χ0) is 9.14. The summed E-state index contributed by atoms with van der Waals surface area (Å²) in [5.41, 5.74) is 2.30. The van der Waals surface area contributed by atoms with Gasteiger partial charge in [-0.05, 0) is 31.6 Å². The van der Waals surface area contributed by atoms with E-state index in [1.54, 1.807) is 0 Å². The Morgan fingerprint density at radius 3 is 2.42 bits per heavy atom. The van der Waals surface area contributed by atoms with Crippen LogP contribution in [0.2, 0.25) is 0 Å². The number of hydrogen-bond donors (Lipinski definition) is 0. The molecule has 0 saturated heterocycles. The Hall–Kier alpha value is -1.24. The molecule has 1 heteroatoms. The van der Waals surface area contributed by atoms with Gasteiger partial charge in [0.2, 0.25) is 0 Å². The first-order chi connectivity index (χ1) is 5.70. The van der Waals surface area contributed by atoms with E-state index in [0.717, 1.165) is 11.3 Å². The van der Waals surface area contributed by atoms with Crippen LogP contribution in [0.4, 0.5) is 0 Å². The Morgan fingerprint density at radius 2 is 2.00 bits per heavy atom. The molecular weight excluding hydrogens is 146 g/mol. The summed E-state index contributed by atoms with van der Waals surface area (Å²) < 4.78 is 2.18. The molecule has 0 atom stereocenters. The predicted molar refractivity (Wildman–Crippen MR) is 55.0 cm³/mol. The SMILES string of the molecule is C=Cc1ccn(C(C)C)c1C=C. The molecule has 12 heavy (non-hydrogen) atoms. The van der Waals surface area contributed by atoms with Crippen LogP contribution in [-0.2, 0) is 0 Å². The highest BCUT2D eigenvalue weighted by atomic mass is 15.0. The minimum Gasteiger partial charge on any atom is -0.345 e. The number of hydrogen-bond acceptors (Lipinski definition) is 0. The average Bonchev–Trinajstić information content (AvgIpc) is 2.46. The van der Waals surface area contributed by atoms with Gasteiger partial charge in [-0.2, -0.15) is 0 Å². The fraction of sp³-hybridized carbons (Fsp3) is 0.273. The monoisotopic (exact) mass is 161 g/mol. The van der Waals surface area contributed by atoms with E-state index in [-0.39, 0.29) is 0 Å². The van der Waals surface area contributed by atoms with Gasteiger partial charge in [-0.25, -0.2) is 0 Å². The van der Waals surface area contributed by atoms with Gasteiger partial charge in [0, 0.05) is 17.9 Å².